The molecule has 0 aliphatic carbocycles. The zero-order valence-corrected chi connectivity index (χ0v) is 9.40. The van der Waals surface area contributed by atoms with Crippen LogP contribution in [0.2, 0.25) is 0 Å². The first-order chi connectivity index (χ1) is 7.66. The Morgan fingerprint density at radius 1 is 1.69 bits per heavy atom. The van der Waals surface area contributed by atoms with Crippen LogP contribution in [0, 0.1) is 0 Å². The van der Waals surface area contributed by atoms with Crippen molar-refractivity contribution in [2.75, 3.05) is 0 Å². The summed E-state index contributed by atoms with van der Waals surface area (Å²) in [5.41, 5.74) is 0.682. The molecule has 0 atom stereocenters. The molecule has 0 spiro atoms. The summed E-state index contributed by atoms with van der Waals surface area (Å²) >= 11 is 1.52. The third-order valence-electron chi connectivity index (χ3n) is 2.02. The molecule has 2 heterocycles. The Bertz CT molecular complexity index is 504. The SMILES string of the molecule is Cn1cc(SCc2ccoc2C(=O)O)cn1. The second-order valence-electron chi connectivity index (χ2n) is 3.22. The van der Waals surface area contributed by atoms with Gasteiger partial charge in [-0.2, -0.15) is 5.10 Å². The molecular weight excluding hydrogens is 228 g/mol. The van der Waals surface area contributed by atoms with Crippen LogP contribution in [-0.4, -0.2) is 20.9 Å². The molecule has 0 saturated heterocycles. The van der Waals surface area contributed by atoms with Crippen LogP contribution in [0.3, 0.4) is 0 Å². The highest BCUT2D eigenvalue weighted by Crippen LogP contribution is 2.24. The molecule has 0 saturated carbocycles. The van der Waals surface area contributed by atoms with Crippen molar-refractivity contribution in [1.82, 2.24) is 9.78 Å². The summed E-state index contributed by atoms with van der Waals surface area (Å²) in [5.74, 6) is -0.465. The summed E-state index contributed by atoms with van der Waals surface area (Å²) in [7, 11) is 1.84. The molecule has 2 aromatic heterocycles. The fourth-order valence-corrected chi connectivity index (χ4v) is 2.17. The lowest BCUT2D eigenvalue weighted by Gasteiger charge is -1.96. The summed E-state index contributed by atoms with van der Waals surface area (Å²) < 4.78 is 6.59. The van der Waals surface area contributed by atoms with Crippen LogP contribution in [0.5, 0.6) is 0 Å². The number of aromatic carboxylic acids is 1. The van der Waals surface area contributed by atoms with E-state index in [4.69, 9.17) is 9.52 Å². The first kappa shape index (κ1) is 10.8. The number of furan rings is 1. The first-order valence-corrected chi connectivity index (χ1v) is 5.56. The van der Waals surface area contributed by atoms with Crippen molar-refractivity contribution < 1.29 is 14.3 Å². The molecule has 5 nitrogen and oxygen atoms in total. The summed E-state index contributed by atoms with van der Waals surface area (Å²) in [5, 5.41) is 12.9. The van der Waals surface area contributed by atoms with Gasteiger partial charge in [0.15, 0.2) is 0 Å². The number of aromatic nitrogens is 2. The second-order valence-corrected chi connectivity index (χ2v) is 4.27. The van der Waals surface area contributed by atoms with Gasteiger partial charge in [-0.05, 0) is 6.07 Å². The number of carboxylic acids is 1. The average molecular weight is 238 g/mol. The quantitative estimate of drug-likeness (QED) is 0.825. The molecule has 0 amide bonds. The number of rotatable bonds is 4. The Kier molecular flexibility index (Phi) is 3.00. The van der Waals surface area contributed by atoms with Gasteiger partial charge in [-0.1, -0.05) is 0 Å². The van der Waals surface area contributed by atoms with E-state index < -0.39 is 5.97 Å². The summed E-state index contributed by atoms with van der Waals surface area (Å²) in [6.07, 6.45) is 5.01. The van der Waals surface area contributed by atoms with Crippen molar-refractivity contribution in [2.24, 2.45) is 7.05 Å². The average Bonchev–Trinajstić information content (AvgIpc) is 2.83. The number of hydrogen-bond acceptors (Lipinski definition) is 4. The van der Waals surface area contributed by atoms with E-state index in [2.05, 4.69) is 5.10 Å². The standard InChI is InChI=1S/C10H10N2O3S/c1-12-5-8(4-11-12)16-6-7-2-3-15-9(7)10(13)14/h2-5H,6H2,1H3,(H,13,14). The highest BCUT2D eigenvalue weighted by Gasteiger charge is 2.13. The van der Waals surface area contributed by atoms with Gasteiger partial charge in [0.2, 0.25) is 5.76 Å². The molecule has 2 rings (SSSR count). The zero-order valence-electron chi connectivity index (χ0n) is 8.58. The minimum absolute atomic E-state index is 0.0105. The molecule has 0 fully saturated rings. The number of nitrogens with zero attached hydrogens (tertiary/aromatic N) is 2. The first-order valence-electron chi connectivity index (χ1n) is 4.58. The molecule has 1 N–H and O–H groups in total. The van der Waals surface area contributed by atoms with Crippen molar-refractivity contribution in [1.29, 1.82) is 0 Å². The number of hydrogen-bond donors (Lipinski definition) is 1. The highest BCUT2D eigenvalue weighted by atomic mass is 32.2. The Morgan fingerprint density at radius 2 is 2.50 bits per heavy atom. The maximum atomic E-state index is 10.8. The van der Waals surface area contributed by atoms with E-state index in [-0.39, 0.29) is 5.76 Å². The van der Waals surface area contributed by atoms with Crippen LogP contribution in [0.25, 0.3) is 0 Å². The minimum Gasteiger partial charge on any atom is -0.475 e. The predicted molar refractivity (Wildman–Crippen MR) is 58.4 cm³/mol. The molecule has 6 heteroatoms. The Balaban J connectivity index is 2.04. The normalized spacial score (nSPS) is 10.6. The fourth-order valence-electron chi connectivity index (χ4n) is 1.27. The van der Waals surface area contributed by atoms with Crippen LogP contribution >= 0.6 is 11.8 Å². The lowest BCUT2D eigenvalue weighted by atomic mass is 10.3. The van der Waals surface area contributed by atoms with Crippen LogP contribution in [0.15, 0.2) is 34.0 Å². The van der Waals surface area contributed by atoms with Crippen molar-refractivity contribution in [2.45, 2.75) is 10.6 Å². The summed E-state index contributed by atoms with van der Waals surface area (Å²) in [4.78, 5) is 11.8. The summed E-state index contributed by atoms with van der Waals surface area (Å²) in [6, 6.07) is 1.67. The monoisotopic (exact) mass is 238 g/mol. The number of carboxylic acid groups (broad SMARTS) is 1. The fraction of sp³-hybridized carbons (Fsp3) is 0.200. The van der Waals surface area contributed by atoms with Crippen molar-refractivity contribution in [3.8, 4) is 0 Å². The Hall–Kier alpha value is -1.69. The van der Waals surface area contributed by atoms with Gasteiger partial charge in [0.1, 0.15) is 0 Å². The molecule has 0 unspecified atom stereocenters. The molecule has 0 aromatic carbocycles. The lowest BCUT2D eigenvalue weighted by molar-refractivity contribution is 0.0661. The van der Waals surface area contributed by atoms with Gasteiger partial charge in [0.05, 0.1) is 12.5 Å². The Morgan fingerprint density at radius 3 is 3.12 bits per heavy atom. The molecule has 0 radical (unpaired) electrons. The van der Waals surface area contributed by atoms with Crippen molar-refractivity contribution >= 4 is 17.7 Å². The smallest absolute Gasteiger partial charge is 0.372 e. The van der Waals surface area contributed by atoms with Crippen molar-refractivity contribution in [3.05, 3.63) is 36.0 Å². The molecule has 84 valence electrons. The topological polar surface area (TPSA) is 68.3 Å². The Labute approximate surface area is 96.1 Å². The third-order valence-corrected chi connectivity index (χ3v) is 3.02. The highest BCUT2D eigenvalue weighted by molar-refractivity contribution is 7.98. The van der Waals surface area contributed by atoms with Gasteiger partial charge >= 0.3 is 5.97 Å². The van der Waals surface area contributed by atoms with E-state index in [1.54, 1.807) is 16.9 Å². The van der Waals surface area contributed by atoms with E-state index in [9.17, 15) is 4.79 Å². The molecule has 16 heavy (non-hydrogen) atoms. The maximum absolute atomic E-state index is 10.8. The minimum atomic E-state index is -1.04. The lowest BCUT2D eigenvalue weighted by Crippen LogP contribution is -1.97. The molecule has 0 aliphatic rings. The molecule has 2 aromatic rings. The van der Waals surface area contributed by atoms with Crippen LogP contribution in [-0.2, 0) is 12.8 Å². The summed E-state index contributed by atoms with van der Waals surface area (Å²) in [6.45, 7) is 0. The molecule has 0 aliphatic heterocycles. The van der Waals surface area contributed by atoms with Gasteiger partial charge in [-0.15, -0.1) is 11.8 Å². The van der Waals surface area contributed by atoms with Crippen LogP contribution in [0.4, 0.5) is 0 Å². The maximum Gasteiger partial charge on any atom is 0.372 e. The van der Waals surface area contributed by atoms with Gasteiger partial charge in [0, 0.05) is 29.5 Å². The number of thioether (sulfide) groups is 1. The van der Waals surface area contributed by atoms with E-state index in [1.165, 1.54) is 18.0 Å². The van der Waals surface area contributed by atoms with Crippen LogP contribution in [0.1, 0.15) is 16.1 Å². The third kappa shape index (κ3) is 2.27. The van der Waals surface area contributed by atoms with E-state index in [0.717, 1.165) is 4.90 Å². The van der Waals surface area contributed by atoms with E-state index in [0.29, 0.717) is 11.3 Å². The largest absolute Gasteiger partial charge is 0.475 e. The number of aryl methyl sites for hydroxylation is 1. The van der Waals surface area contributed by atoms with Gasteiger partial charge in [0.25, 0.3) is 0 Å². The number of carbonyl (C=O) groups is 1. The van der Waals surface area contributed by atoms with E-state index in [1.807, 2.05) is 13.2 Å². The second kappa shape index (κ2) is 4.44. The molecule has 0 bridgehead atoms. The van der Waals surface area contributed by atoms with E-state index >= 15 is 0 Å². The van der Waals surface area contributed by atoms with Gasteiger partial charge in [-0.3, -0.25) is 4.68 Å². The predicted octanol–water partition coefficient (Wildman–Crippen LogP) is 2.00. The van der Waals surface area contributed by atoms with Gasteiger partial charge in [-0.25, -0.2) is 4.79 Å². The van der Waals surface area contributed by atoms with Gasteiger partial charge < -0.3 is 9.52 Å². The van der Waals surface area contributed by atoms with Crippen molar-refractivity contribution in [3.63, 3.8) is 0 Å². The zero-order chi connectivity index (χ0) is 11.5. The molecular formula is C10H10N2O3S. The van der Waals surface area contributed by atoms with Crippen LogP contribution < -0.4 is 0 Å².